The number of hydrogen-bond acceptors (Lipinski definition) is 8. The molecule has 0 atom stereocenters. The average molecular weight is 449 g/mol. The van der Waals surface area contributed by atoms with Gasteiger partial charge in [0.2, 0.25) is 5.75 Å². The largest absolute Gasteiger partial charge is 0.497 e. The molecule has 0 fully saturated rings. The summed E-state index contributed by atoms with van der Waals surface area (Å²) in [5.74, 6) is 3.28. The molecule has 0 aliphatic heterocycles. The summed E-state index contributed by atoms with van der Waals surface area (Å²) in [6.45, 7) is 0. The monoisotopic (exact) mass is 449 g/mol. The Bertz CT molecular complexity index is 1300. The van der Waals surface area contributed by atoms with Crippen molar-refractivity contribution in [1.82, 2.24) is 14.6 Å². The summed E-state index contributed by atoms with van der Waals surface area (Å²) in [6, 6.07) is 11.2. The highest BCUT2D eigenvalue weighted by molar-refractivity contribution is 5.83. The quantitative estimate of drug-likeness (QED) is 0.415. The summed E-state index contributed by atoms with van der Waals surface area (Å²) < 4.78 is 28.9. The molecule has 0 saturated heterocycles. The highest BCUT2D eigenvalue weighted by Crippen LogP contribution is 2.43. The molecule has 0 radical (unpaired) electrons. The standard InChI is InChI=1S/C23H23N5O5/c1-29-16-8-15(9-17(10-16)30-2)26-23-20(27-22-14(11-24)12-25-28(22)23)13-6-18(31-3)21(33-5)19(7-13)32-4/h6-10,12,25-26H,1-5H3. The van der Waals surface area contributed by atoms with E-state index in [0.29, 0.717) is 62.7 Å². The molecule has 0 spiro atoms. The average Bonchev–Trinajstić information content (AvgIpc) is 3.42. The molecule has 2 aromatic carbocycles. The summed E-state index contributed by atoms with van der Waals surface area (Å²) in [5, 5.41) is 16.0. The van der Waals surface area contributed by atoms with Gasteiger partial charge in [-0.05, 0) is 12.1 Å². The number of nitriles is 1. The third kappa shape index (κ3) is 3.80. The Kier molecular flexibility index (Phi) is 5.87. The van der Waals surface area contributed by atoms with Gasteiger partial charge in [-0.15, -0.1) is 0 Å². The van der Waals surface area contributed by atoms with Gasteiger partial charge in [0.05, 0.1) is 35.5 Å². The summed E-state index contributed by atoms with van der Waals surface area (Å²) in [5.41, 5.74) is 2.84. The first-order chi connectivity index (χ1) is 16.1. The van der Waals surface area contributed by atoms with Crippen molar-refractivity contribution < 1.29 is 23.7 Å². The smallest absolute Gasteiger partial charge is 0.203 e. The van der Waals surface area contributed by atoms with Crippen molar-refractivity contribution in [2.24, 2.45) is 0 Å². The van der Waals surface area contributed by atoms with Crippen molar-refractivity contribution in [1.29, 1.82) is 5.26 Å². The fraction of sp³-hybridized carbons (Fsp3) is 0.217. The second-order valence-corrected chi connectivity index (χ2v) is 6.91. The van der Waals surface area contributed by atoms with Crippen LogP contribution in [0.25, 0.3) is 16.9 Å². The molecule has 4 aromatic rings. The molecule has 0 bridgehead atoms. The first-order valence-corrected chi connectivity index (χ1v) is 9.87. The maximum Gasteiger partial charge on any atom is 0.203 e. The normalized spacial score (nSPS) is 10.5. The Labute approximate surface area is 190 Å². The number of aromatic nitrogens is 3. The topological polar surface area (TPSA) is 115 Å². The lowest BCUT2D eigenvalue weighted by Gasteiger charge is -2.15. The zero-order valence-electron chi connectivity index (χ0n) is 18.8. The fourth-order valence-corrected chi connectivity index (χ4v) is 3.55. The maximum absolute atomic E-state index is 9.52. The van der Waals surface area contributed by atoms with E-state index in [2.05, 4.69) is 16.5 Å². The molecule has 0 unspecified atom stereocenters. The molecule has 10 nitrogen and oxygen atoms in total. The van der Waals surface area contributed by atoms with E-state index in [-0.39, 0.29) is 0 Å². The van der Waals surface area contributed by atoms with Crippen LogP contribution in [0.5, 0.6) is 28.7 Å². The first-order valence-electron chi connectivity index (χ1n) is 9.87. The Hall–Kier alpha value is -4.52. The summed E-state index contributed by atoms with van der Waals surface area (Å²) in [6.07, 6.45) is 1.60. The van der Waals surface area contributed by atoms with Gasteiger partial charge in [0.25, 0.3) is 0 Å². The minimum atomic E-state index is 0.403. The Morgan fingerprint density at radius 1 is 0.879 bits per heavy atom. The van der Waals surface area contributed by atoms with Crippen LogP contribution in [-0.2, 0) is 0 Å². The summed E-state index contributed by atoms with van der Waals surface area (Å²) in [4.78, 5) is 4.73. The van der Waals surface area contributed by atoms with Crippen LogP contribution in [0.4, 0.5) is 11.5 Å². The number of ether oxygens (including phenoxy) is 5. The van der Waals surface area contributed by atoms with Crippen LogP contribution in [0.3, 0.4) is 0 Å². The number of methoxy groups -OCH3 is 5. The van der Waals surface area contributed by atoms with Crippen molar-refractivity contribution in [2.75, 3.05) is 40.9 Å². The molecule has 0 amide bonds. The van der Waals surface area contributed by atoms with Gasteiger partial charge in [0, 0.05) is 35.6 Å². The number of rotatable bonds is 8. The van der Waals surface area contributed by atoms with Gasteiger partial charge in [-0.2, -0.15) is 5.26 Å². The van der Waals surface area contributed by atoms with Gasteiger partial charge in [-0.25, -0.2) is 9.50 Å². The van der Waals surface area contributed by atoms with E-state index < -0.39 is 0 Å². The molecule has 170 valence electrons. The van der Waals surface area contributed by atoms with Crippen molar-refractivity contribution >= 4 is 17.2 Å². The summed E-state index contributed by atoms with van der Waals surface area (Å²) >= 11 is 0. The van der Waals surface area contributed by atoms with Gasteiger partial charge in [-0.1, -0.05) is 0 Å². The molecular formula is C23H23N5O5. The lowest BCUT2D eigenvalue weighted by atomic mass is 10.1. The fourth-order valence-electron chi connectivity index (χ4n) is 3.55. The molecule has 2 heterocycles. The van der Waals surface area contributed by atoms with Gasteiger partial charge in [-0.3, -0.25) is 5.10 Å². The maximum atomic E-state index is 9.52. The number of nitrogens with zero attached hydrogens (tertiary/aromatic N) is 3. The molecular weight excluding hydrogens is 426 g/mol. The van der Waals surface area contributed by atoms with E-state index in [4.69, 9.17) is 28.7 Å². The molecule has 33 heavy (non-hydrogen) atoms. The first kappa shape index (κ1) is 21.7. The summed E-state index contributed by atoms with van der Waals surface area (Å²) in [7, 11) is 7.81. The third-order valence-corrected chi connectivity index (χ3v) is 5.13. The van der Waals surface area contributed by atoms with Crippen molar-refractivity contribution in [3.8, 4) is 46.1 Å². The number of imidazole rings is 1. The molecule has 2 N–H and O–H groups in total. The third-order valence-electron chi connectivity index (χ3n) is 5.13. The zero-order chi connectivity index (χ0) is 23.5. The highest BCUT2D eigenvalue weighted by Gasteiger charge is 2.22. The number of hydrogen-bond donors (Lipinski definition) is 2. The number of aromatic amines is 1. The van der Waals surface area contributed by atoms with Gasteiger partial charge < -0.3 is 29.0 Å². The SMILES string of the molecule is COc1cc(Nc2c(-c3cc(OC)c(OC)c(OC)c3)nc3c(C#N)c[nH]n23)cc(OC)c1. The van der Waals surface area contributed by atoms with E-state index in [0.717, 1.165) is 0 Å². The highest BCUT2D eigenvalue weighted by atomic mass is 16.5. The van der Waals surface area contributed by atoms with Crippen LogP contribution in [0.15, 0.2) is 36.5 Å². The zero-order valence-corrected chi connectivity index (χ0v) is 18.8. The van der Waals surface area contributed by atoms with Crippen LogP contribution < -0.4 is 29.0 Å². The van der Waals surface area contributed by atoms with Crippen LogP contribution in [0.2, 0.25) is 0 Å². The van der Waals surface area contributed by atoms with E-state index in [9.17, 15) is 5.26 Å². The number of benzene rings is 2. The second-order valence-electron chi connectivity index (χ2n) is 6.91. The molecule has 10 heteroatoms. The van der Waals surface area contributed by atoms with Crippen molar-refractivity contribution in [2.45, 2.75) is 0 Å². The Balaban J connectivity index is 1.93. The number of fused-ring (bicyclic) bond motifs is 1. The van der Waals surface area contributed by atoms with E-state index in [1.807, 2.05) is 12.1 Å². The van der Waals surface area contributed by atoms with Crippen molar-refractivity contribution in [3.05, 3.63) is 42.1 Å². The lowest BCUT2D eigenvalue weighted by molar-refractivity contribution is 0.324. The van der Waals surface area contributed by atoms with Crippen molar-refractivity contribution in [3.63, 3.8) is 0 Å². The van der Waals surface area contributed by atoms with E-state index in [1.165, 1.54) is 0 Å². The molecule has 4 rings (SSSR count). The number of H-pyrrole nitrogens is 1. The van der Waals surface area contributed by atoms with Crippen LogP contribution in [0.1, 0.15) is 5.56 Å². The predicted molar refractivity (Wildman–Crippen MR) is 122 cm³/mol. The Morgan fingerprint density at radius 3 is 2.03 bits per heavy atom. The minimum absolute atomic E-state index is 0.403. The molecule has 2 aromatic heterocycles. The van der Waals surface area contributed by atoms with Gasteiger partial charge >= 0.3 is 0 Å². The predicted octanol–water partition coefficient (Wildman–Crippen LogP) is 3.99. The lowest BCUT2D eigenvalue weighted by Crippen LogP contribution is -2.00. The number of anilines is 2. The second kappa shape index (κ2) is 8.92. The van der Waals surface area contributed by atoms with Gasteiger partial charge in [0.1, 0.15) is 28.8 Å². The molecule has 0 aliphatic carbocycles. The van der Waals surface area contributed by atoms with Crippen LogP contribution in [-0.4, -0.2) is 50.1 Å². The molecule has 0 aliphatic rings. The van der Waals surface area contributed by atoms with Crippen LogP contribution >= 0.6 is 0 Å². The Morgan fingerprint density at radius 2 is 1.52 bits per heavy atom. The van der Waals surface area contributed by atoms with Crippen LogP contribution in [0, 0.1) is 11.3 Å². The number of nitrogens with one attached hydrogen (secondary N) is 2. The van der Waals surface area contributed by atoms with E-state index in [1.54, 1.807) is 64.5 Å². The van der Waals surface area contributed by atoms with E-state index >= 15 is 0 Å². The van der Waals surface area contributed by atoms with Gasteiger partial charge in [0.15, 0.2) is 23.0 Å². The molecule has 0 saturated carbocycles. The minimum Gasteiger partial charge on any atom is -0.497 e.